The molecule has 112 valence electrons. The average molecular weight is 272 g/mol. The summed E-state index contributed by atoms with van der Waals surface area (Å²) in [5.74, 6) is 0. The van der Waals surface area contributed by atoms with Gasteiger partial charge in [-0.05, 0) is 79.1 Å². The molecule has 0 unspecified atom stereocenters. The Balaban J connectivity index is 0.000000200. The van der Waals surface area contributed by atoms with E-state index in [-0.39, 0.29) is 0 Å². The van der Waals surface area contributed by atoms with E-state index in [2.05, 4.69) is 52.0 Å². The second-order valence-corrected chi connectivity index (χ2v) is 6.29. The summed E-state index contributed by atoms with van der Waals surface area (Å²) in [6.45, 7) is 8.92. The van der Waals surface area contributed by atoms with E-state index < -0.39 is 0 Å². The Bertz CT molecular complexity index is 382. The van der Waals surface area contributed by atoms with E-state index in [0.29, 0.717) is 0 Å². The average Bonchev–Trinajstić information content (AvgIpc) is 2.41. The third-order valence-corrected chi connectivity index (χ3v) is 4.28. The zero-order valence-electron chi connectivity index (χ0n) is 14.0. The van der Waals surface area contributed by atoms with Crippen LogP contribution in [0.3, 0.4) is 0 Å². The first kappa shape index (κ1) is 17.0. The van der Waals surface area contributed by atoms with Gasteiger partial charge in [-0.15, -0.1) is 0 Å². The van der Waals surface area contributed by atoms with Crippen molar-refractivity contribution in [3.63, 3.8) is 0 Å². The van der Waals surface area contributed by atoms with Crippen molar-refractivity contribution in [1.82, 2.24) is 0 Å². The van der Waals surface area contributed by atoms with Crippen molar-refractivity contribution >= 4 is 0 Å². The maximum Gasteiger partial charge on any atom is -0.0286 e. The van der Waals surface area contributed by atoms with Crippen molar-refractivity contribution in [3.8, 4) is 0 Å². The molecule has 0 amide bonds. The predicted molar refractivity (Wildman–Crippen MR) is 92.0 cm³/mol. The summed E-state index contributed by atoms with van der Waals surface area (Å²) in [5.41, 5.74) is 6.16. The van der Waals surface area contributed by atoms with Crippen LogP contribution in [0, 0.1) is 0 Å². The number of hydrogen-bond donors (Lipinski definition) is 0. The van der Waals surface area contributed by atoms with Crippen molar-refractivity contribution in [2.24, 2.45) is 0 Å². The Kier molecular flexibility index (Phi) is 8.34. The van der Waals surface area contributed by atoms with Gasteiger partial charge in [0.2, 0.25) is 0 Å². The fraction of sp³-hybridized carbons (Fsp3) is 0.600. The van der Waals surface area contributed by atoms with E-state index in [1.807, 2.05) is 0 Å². The van der Waals surface area contributed by atoms with Gasteiger partial charge < -0.3 is 0 Å². The van der Waals surface area contributed by atoms with Gasteiger partial charge >= 0.3 is 0 Å². The molecule has 0 aromatic carbocycles. The maximum absolute atomic E-state index is 2.36. The lowest BCUT2D eigenvalue weighted by atomic mass is 10.0. The Morgan fingerprint density at radius 3 is 1.90 bits per heavy atom. The molecule has 0 saturated heterocycles. The monoisotopic (exact) mass is 272 g/mol. The first-order valence-corrected chi connectivity index (χ1v) is 8.23. The van der Waals surface area contributed by atoms with E-state index in [9.17, 15) is 0 Å². The van der Waals surface area contributed by atoms with Crippen LogP contribution in [0.15, 0.2) is 46.6 Å². The largest absolute Gasteiger partial charge is 0.0853 e. The van der Waals surface area contributed by atoms with Gasteiger partial charge in [0.25, 0.3) is 0 Å². The summed E-state index contributed by atoms with van der Waals surface area (Å²) in [5, 5.41) is 0. The first-order chi connectivity index (χ1) is 9.59. The second-order valence-electron chi connectivity index (χ2n) is 6.29. The summed E-state index contributed by atoms with van der Waals surface area (Å²) < 4.78 is 0. The summed E-state index contributed by atoms with van der Waals surface area (Å²) in [7, 11) is 0. The van der Waals surface area contributed by atoms with Gasteiger partial charge in [-0.3, -0.25) is 0 Å². The molecule has 2 rings (SSSR count). The molecule has 0 heteroatoms. The first-order valence-electron chi connectivity index (χ1n) is 8.23. The van der Waals surface area contributed by atoms with E-state index in [0.717, 1.165) is 0 Å². The molecule has 20 heavy (non-hydrogen) atoms. The molecule has 2 aliphatic rings. The lowest BCUT2D eigenvalue weighted by Gasteiger charge is -2.06. The van der Waals surface area contributed by atoms with Crippen LogP contribution in [-0.2, 0) is 0 Å². The molecule has 0 nitrogen and oxygen atoms in total. The lowest BCUT2D eigenvalue weighted by Crippen LogP contribution is -1.86. The third kappa shape index (κ3) is 7.53. The number of hydrogen-bond acceptors (Lipinski definition) is 0. The van der Waals surface area contributed by atoms with Crippen LogP contribution in [0.2, 0.25) is 0 Å². The highest BCUT2D eigenvalue weighted by atomic mass is 14.0. The quantitative estimate of drug-likeness (QED) is 0.420. The van der Waals surface area contributed by atoms with Gasteiger partial charge in [-0.2, -0.15) is 0 Å². The maximum atomic E-state index is 2.36. The second kappa shape index (κ2) is 9.80. The third-order valence-electron chi connectivity index (χ3n) is 4.28. The summed E-state index contributed by atoms with van der Waals surface area (Å²) in [6.07, 6.45) is 19.6. The molecule has 2 aliphatic carbocycles. The smallest absolute Gasteiger partial charge is 0.0286 e. The zero-order chi connectivity index (χ0) is 14.8. The normalized spacial score (nSPS) is 20.6. The minimum atomic E-state index is 1.24. The molecule has 0 atom stereocenters. The van der Waals surface area contributed by atoms with Crippen molar-refractivity contribution in [1.29, 1.82) is 0 Å². The molecule has 0 N–H and O–H groups in total. The highest BCUT2D eigenvalue weighted by Gasteiger charge is 1.97. The molecule has 0 spiro atoms. The summed E-state index contributed by atoms with van der Waals surface area (Å²) in [4.78, 5) is 0. The molecular weight excluding hydrogens is 240 g/mol. The minimum absolute atomic E-state index is 1.24. The molecule has 0 heterocycles. The standard InChI is InChI=1S/2C10H16/c1-9-5-3-4-6-10(2)8-7-9;1-9-7-5-3-4-6-8-10(9)2/h5-6H,3-4,7-8H2,1-2H3;5,7H,3-4,6,8H2,1-2H3. The molecular formula is C20H32. The lowest BCUT2D eigenvalue weighted by molar-refractivity contribution is 0.732. The van der Waals surface area contributed by atoms with Crippen molar-refractivity contribution < 1.29 is 0 Å². The molecule has 0 saturated carbocycles. The summed E-state index contributed by atoms with van der Waals surface area (Å²) >= 11 is 0. The van der Waals surface area contributed by atoms with Crippen molar-refractivity contribution in [3.05, 3.63) is 46.6 Å². The Morgan fingerprint density at radius 2 is 1.30 bits per heavy atom. The zero-order valence-corrected chi connectivity index (χ0v) is 14.0. The van der Waals surface area contributed by atoms with Crippen LogP contribution >= 0.6 is 0 Å². The van der Waals surface area contributed by atoms with Gasteiger partial charge in [-0.1, -0.05) is 46.6 Å². The Labute approximate surface area is 126 Å². The van der Waals surface area contributed by atoms with Gasteiger partial charge in [0.05, 0.1) is 0 Å². The number of allylic oxidation sites excluding steroid dienone is 8. The van der Waals surface area contributed by atoms with E-state index in [1.54, 1.807) is 16.7 Å². The minimum Gasteiger partial charge on any atom is -0.0853 e. The van der Waals surface area contributed by atoms with E-state index >= 15 is 0 Å². The highest BCUT2D eigenvalue weighted by Crippen LogP contribution is 2.17. The molecule has 0 bridgehead atoms. The van der Waals surface area contributed by atoms with Crippen LogP contribution in [-0.4, -0.2) is 0 Å². The molecule has 0 radical (unpaired) electrons. The number of rotatable bonds is 0. The van der Waals surface area contributed by atoms with Gasteiger partial charge in [-0.25, -0.2) is 0 Å². The van der Waals surface area contributed by atoms with Gasteiger partial charge in [0, 0.05) is 0 Å². The van der Waals surface area contributed by atoms with Crippen LogP contribution in [0.25, 0.3) is 0 Å². The van der Waals surface area contributed by atoms with Gasteiger partial charge in [0.15, 0.2) is 0 Å². The fourth-order valence-corrected chi connectivity index (χ4v) is 2.51. The van der Waals surface area contributed by atoms with Crippen molar-refractivity contribution in [2.45, 2.75) is 79.1 Å². The molecule has 0 aliphatic heterocycles. The van der Waals surface area contributed by atoms with Gasteiger partial charge in [0.1, 0.15) is 0 Å². The van der Waals surface area contributed by atoms with E-state index in [1.165, 1.54) is 56.9 Å². The molecule has 0 aromatic rings. The Hall–Kier alpha value is -1.04. The fourth-order valence-electron chi connectivity index (χ4n) is 2.51. The molecule has 0 fully saturated rings. The topological polar surface area (TPSA) is 0 Å². The predicted octanol–water partition coefficient (Wildman–Crippen LogP) is 6.91. The Morgan fingerprint density at radius 1 is 0.700 bits per heavy atom. The van der Waals surface area contributed by atoms with Crippen LogP contribution in [0.5, 0.6) is 0 Å². The van der Waals surface area contributed by atoms with E-state index in [4.69, 9.17) is 0 Å². The van der Waals surface area contributed by atoms with Crippen LogP contribution < -0.4 is 0 Å². The van der Waals surface area contributed by atoms with Crippen LogP contribution in [0.1, 0.15) is 79.1 Å². The summed E-state index contributed by atoms with van der Waals surface area (Å²) in [6, 6.07) is 0. The van der Waals surface area contributed by atoms with Crippen molar-refractivity contribution in [2.75, 3.05) is 0 Å². The molecule has 0 aromatic heterocycles. The SMILES string of the molecule is CC1=C(C)CCCCC=C1.CC1=CCCC=C(C)CC1. The highest BCUT2D eigenvalue weighted by molar-refractivity contribution is 5.22. The van der Waals surface area contributed by atoms with Crippen LogP contribution in [0.4, 0.5) is 0 Å².